The van der Waals surface area contributed by atoms with Crippen molar-refractivity contribution < 1.29 is 22.7 Å². The quantitative estimate of drug-likeness (QED) is 0.516. The summed E-state index contributed by atoms with van der Waals surface area (Å²) in [7, 11) is -1.57. The van der Waals surface area contributed by atoms with Crippen molar-refractivity contribution in [2.75, 3.05) is 52.3 Å². The number of fused-ring (bicyclic) bond motifs is 1. The Labute approximate surface area is 198 Å². The van der Waals surface area contributed by atoms with Gasteiger partial charge in [0, 0.05) is 45.5 Å². The molecule has 0 radical (unpaired) electrons. The number of ether oxygens (including phenoxy) is 2. The number of rotatable bonds is 8. The number of sulfonamides is 1. The highest BCUT2D eigenvalue weighted by Crippen LogP contribution is 2.33. The van der Waals surface area contributed by atoms with Crippen molar-refractivity contribution in [3.8, 4) is 11.5 Å². The molecule has 2 aliphatic heterocycles. The average Bonchev–Trinajstić information content (AvgIpc) is 3.29. The van der Waals surface area contributed by atoms with Crippen LogP contribution in [-0.2, 0) is 21.4 Å². The molecule has 4 rings (SSSR count). The lowest BCUT2D eigenvalue weighted by atomic mass is 10.2. The maximum atomic E-state index is 12.8. The van der Waals surface area contributed by atoms with E-state index in [0.717, 1.165) is 5.56 Å². The highest BCUT2D eigenvalue weighted by atomic mass is 32.2. The van der Waals surface area contributed by atoms with Crippen LogP contribution in [0.2, 0.25) is 0 Å². The van der Waals surface area contributed by atoms with Gasteiger partial charge in [-0.2, -0.15) is 4.31 Å². The first kappa shape index (κ1) is 23.8. The maximum absolute atomic E-state index is 12.8. The van der Waals surface area contributed by atoms with E-state index < -0.39 is 10.0 Å². The fraction of sp³-hybridized carbons (Fsp3) is 0.455. The molecule has 178 valence electrons. The summed E-state index contributed by atoms with van der Waals surface area (Å²) in [4.78, 5) is 21.1. The van der Waals surface area contributed by atoms with Crippen LogP contribution in [0.1, 0.15) is 12.5 Å². The molecule has 11 heteroatoms. The topological polar surface area (TPSA) is 92.3 Å². The van der Waals surface area contributed by atoms with Crippen LogP contribution in [0.15, 0.2) is 46.5 Å². The predicted octanol–water partition coefficient (Wildman–Crippen LogP) is 1.89. The lowest BCUT2D eigenvalue weighted by molar-refractivity contribution is -0.128. The van der Waals surface area contributed by atoms with Gasteiger partial charge < -0.3 is 19.3 Å². The fourth-order valence-electron chi connectivity index (χ4n) is 3.65. The van der Waals surface area contributed by atoms with Gasteiger partial charge in [0.15, 0.2) is 11.5 Å². The minimum atomic E-state index is -3.55. The van der Waals surface area contributed by atoms with E-state index in [1.54, 1.807) is 17.0 Å². The Bertz CT molecular complexity index is 1090. The van der Waals surface area contributed by atoms with Crippen LogP contribution in [0, 0.1) is 0 Å². The molecule has 0 aliphatic carbocycles. The lowest BCUT2D eigenvalue weighted by Gasteiger charge is -2.31. The van der Waals surface area contributed by atoms with E-state index in [9.17, 15) is 13.2 Å². The number of carbonyl (C=O) groups is 1. The molecular formula is C22H28N4O5S2. The largest absolute Gasteiger partial charge is 0.454 e. The molecule has 1 saturated heterocycles. The van der Waals surface area contributed by atoms with Crippen LogP contribution in [0.5, 0.6) is 11.5 Å². The molecule has 2 aliphatic rings. The number of piperazine rings is 1. The molecule has 1 aromatic heterocycles. The van der Waals surface area contributed by atoms with E-state index in [0.29, 0.717) is 55.8 Å². The summed E-state index contributed by atoms with van der Waals surface area (Å²) >= 11 is 1.30. The first-order chi connectivity index (χ1) is 15.9. The van der Waals surface area contributed by atoms with Crippen LogP contribution in [-0.4, -0.2) is 85.7 Å². The minimum absolute atomic E-state index is 0.0175. The number of nitrogens with zero attached hydrogens (tertiary/aromatic N) is 4. The van der Waals surface area contributed by atoms with Crippen molar-refractivity contribution >= 4 is 27.7 Å². The van der Waals surface area contributed by atoms with Crippen LogP contribution in [0.25, 0.3) is 0 Å². The number of amides is 1. The molecule has 1 amide bonds. The number of carbonyl (C=O) groups excluding carboxylic acids is 1. The summed E-state index contributed by atoms with van der Waals surface area (Å²) in [5.41, 5.74) is 0.969. The van der Waals surface area contributed by atoms with E-state index in [-0.39, 0.29) is 23.3 Å². The van der Waals surface area contributed by atoms with E-state index in [2.05, 4.69) is 9.88 Å². The molecule has 33 heavy (non-hydrogen) atoms. The molecular weight excluding hydrogens is 464 g/mol. The highest BCUT2D eigenvalue weighted by molar-refractivity contribution is 7.99. The standard InChI is InChI=1S/C22H28N4O5S2/c1-3-25(14-17-4-6-19-20(12-17)31-16-30-19)22(27)15-32-21-7-5-18(13-23-21)33(28,29)26-10-8-24(2)9-11-26/h4-7,12-13H,3,8-11,14-16H2,1-2H3. The molecule has 0 atom stereocenters. The Hall–Kier alpha value is -2.34. The summed E-state index contributed by atoms with van der Waals surface area (Å²) in [5.74, 6) is 1.61. The summed E-state index contributed by atoms with van der Waals surface area (Å²) in [6.07, 6.45) is 1.38. The predicted molar refractivity (Wildman–Crippen MR) is 125 cm³/mol. The van der Waals surface area contributed by atoms with Gasteiger partial charge in [0.2, 0.25) is 22.7 Å². The Morgan fingerprint density at radius 1 is 1.12 bits per heavy atom. The maximum Gasteiger partial charge on any atom is 0.244 e. The second-order valence-corrected chi connectivity index (χ2v) is 10.9. The highest BCUT2D eigenvalue weighted by Gasteiger charge is 2.27. The molecule has 1 fully saturated rings. The van der Waals surface area contributed by atoms with Crippen molar-refractivity contribution in [2.45, 2.75) is 23.4 Å². The van der Waals surface area contributed by atoms with Crippen LogP contribution < -0.4 is 9.47 Å². The number of likely N-dealkylation sites (N-methyl/N-ethyl adjacent to an activating group) is 1. The first-order valence-corrected chi connectivity index (χ1v) is 13.2. The molecule has 0 N–H and O–H groups in total. The minimum Gasteiger partial charge on any atom is -0.454 e. The Kier molecular flexibility index (Phi) is 7.42. The molecule has 3 heterocycles. The fourth-order valence-corrected chi connectivity index (χ4v) is 5.76. The summed E-state index contributed by atoms with van der Waals surface area (Å²) in [6.45, 7) is 5.57. The third-order valence-corrected chi connectivity index (χ3v) is 8.51. The van der Waals surface area contributed by atoms with Crippen LogP contribution >= 0.6 is 11.8 Å². The lowest BCUT2D eigenvalue weighted by Crippen LogP contribution is -2.47. The van der Waals surface area contributed by atoms with Crippen LogP contribution in [0.3, 0.4) is 0 Å². The van der Waals surface area contributed by atoms with Gasteiger partial charge in [-0.3, -0.25) is 4.79 Å². The van der Waals surface area contributed by atoms with Crippen molar-refractivity contribution in [1.29, 1.82) is 0 Å². The zero-order valence-electron chi connectivity index (χ0n) is 18.8. The monoisotopic (exact) mass is 492 g/mol. The normalized spacial score (nSPS) is 16.7. The molecule has 0 saturated carbocycles. The van der Waals surface area contributed by atoms with Crippen LogP contribution in [0.4, 0.5) is 0 Å². The van der Waals surface area contributed by atoms with Gasteiger partial charge in [-0.15, -0.1) is 0 Å². The molecule has 1 aromatic carbocycles. The van der Waals surface area contributed by atoms with Gasteiger partial charge in [0.05, 0.1) is 10.8 Å². The van der Waals surface area contributed by atoms with Gasteiger partial charge >= 0.3 is 0 Å². The van der Waals surface area contributed by atoms with Gasteiger partial charge in [0.1, 0.15) is 4.90 Å². The number of hydrogen-bond donors (Lipinski definition) is 0. The van der Waals surface area contributed by atoms with Gasteiger partial charge in [-0.1, -0.05) is 17.8 Å². The van der Waals surface area contributed by atoms with Crippen molar-refractivity contribution in [3.63, 3.8) is 0 Å². The zero-order chi connectivity index (χ0) is 23.4. The summed E-state index contributed by atoms with van der Waals surface area (Å²) in [6, 6.07) is 8.91. The molecule has 2 aromatic rings. The average molecular weight is 493 g/mol. The van der Waals surface area contributed by atoms with E-state index in [1.165, 1.54) is 22.3 Å². The van der Waals surface area contributed by atoms with E-state index in [1.807, 2.05) is 32.2 Å². The SMILES string of the molecule is CCN(Cc1ccc2c(c1)OCO2)C(=O)CSc1ccc(S(=O)(=O)N2CCN(C)CC2)cn1. The number of hydrogen-bond acceptors (Lipinski definition) is 8. The molecule has 0 unspecified atom stereocenters. The Balaban J connectivity index is 1.33. The third-order valence-electron chi connectivity index (χ3n) is 5.70. The summed E-state index contributed by atoms with van der Waals surface area (Å²) < 4.78 is 37.9. The van der Waals surface area contributed by atoms with Crippen molar-refractivity contribution in [3.05, 3.63) is 42.1 Å². The Morgan fingerprint density at radius 3 is 2.58 bits per heavy atom. The number of pyridine rings is 1. The van der Waals surface area contributed by atoms with E-state index in [4.69, 9.17) is 9.47 Å². The molecule has 0 spiro atoms. The number of thioether (sulfide) groups is 1. The van der Waals surface area contributed by atoms with Gasteiger partial charge in [-0.25, -0.2) is 13.4 Å². The molecule has 9 nitrogen and oxygen atoms in total. The second kappa shape index (κ2) is 10.3. The smallest absolute Gasteiger partial charge is 0.244 e. The summed E-state index contributed by atoms with van der Waals surface area (Å²) in [5, 5.41) is 0.611. The first-order valence-electron chi connectivity index (χ1n) is 10.8. The van der Waals surface area contributed by atoms with Crippen molar-refractivity contribution in [2.24, 2.45) is 0 Å². The Morgan fingerprint density at radius 2 is 1.88 bits per heavy atom. The third kappa shape index (κ3) is 5.60. The molecule has 0 bridgehead atoms. The zero-order valence-corrected chi connectivity index (χ0v) is 20.4. The van der Waals surface area contributed by atoms with Gasteiger partial charge in [-0.05, 0) is 43.8 Å². The van der Waals surface area contributed by atoms with Gasteiger partial charge in [0.25, 0.3) is 0 Å². The van der Waals surface area contributed by atoms with E-state index >= 15 is 0 Å². The van der Waals surface area contributed by atoms with Crippen molar-refractivity contribution in [1.82, 2.24) is 19.1 Å². The number of aromatic nitrogens is 1. The number of benzene rings is 1. The second-order valence-electron chi connectivity index (χ2n) is 7.92.